The molecule has 0 bridgehead atoms. The van der Waals surface area contributed by atoms with E-state index in [1.165, 1.54) is 0 Å². The van der Waals surface area contributed by atoms with Crippen molar-refractivity contribution in [2.75, 3.05) is 6.54 Å². The Balaban J connectivity index is 0.000000459. The van der Waals surface area contributed by atoms with Gasteiger partial charge in [0.05, 0.1) is 16.6 Å². The van der Waals surface area contributed by atoms with E-state index in [-0.39, 0.29) is 0 Å². The molecule has 0 saturated heterocycles. The van der Waals surface area contributed by atoms with Crippen LogP contribution in [0.5, 0.6) is 0 Å². The Morgan fingerprint density at radius 3 is 2.21 bits per heavy atom. The van der Waals surface area contributed by atoms with Crippen LogP contribution in [0.15, 0.2) is 30.9 Å². The molecule has 0 unspecified atom stereocenters. The van der Waals surface area contributed by atoms with Crippen molar-refractivity contribution >= 4 is 35.1 Å². The lowest BCUT2D eigenvalue weighted by molar-refractivity contribution is -0.661. The minimum absolute atomic E-state index is 0.729. The third-order valence-corrected chi connectivity index (χ3v) is 2.63. The third-order valence-electron chi connectivity index (χ3n) is 1.92. The van der Waals surface area contributed by atoms with Crippen molar-refractivity contribution in [3.63, 3.8) is 0 Å². The van der Waals surface area contributed by atoms with Gasteiger partial charge in [0.15, 0.2) is 5.97 Å². The molecule has 0 radical (unpaired) electrons. The van der Waals surface area contributed by atoms with Crippen LogP contribution in [-0.4, -0.2) is 23.6 Å². The van der Waals surface area contributed by atoms with E-state index in [1.54, 1.807) is 0 Å². The summed E-state index contributed by atoms with van der Waals surface area (Å²) in [5, 5.41) is 19.9. The normalized spacial score (nSPS) is 9.16. The number of aliphatic carboxylic acids is 2. The standard InChI is InChI=1S/C10H11Cl2N.C2H2O4/c1-2-6-13-7-8-9(11)4-3-5-10(8)12;3-1(4)2(5)6/h2-5,13H,1,6-7H2;(H,3,4)(H,5,6). The van der Waals surface area contributed by atoms with Gasteiger partial charge in [-0.2, -0.15) is 0 Å². The number of halogens is 2. The number of carbonyl (C=O) groups is 2. The number of rotatable bonds is 4. The number of hydrogen-bond donors (Lipinski definition) is 2. The number of quaternary nitrogens is 1. The van der Waals surface area contributed by atoms with Crippen molar-refractivity contribution in [2.24, 2.45) is 0 Å². The average molecular weight is 306 g/mol. The van der Waals surface area contributed by atoms with E-state index in [2.05, 4.69) is 11.9 Å². The maximum absolute atomic E-state index is 9.04. The zero-order valence-electron chi connectivity index (χ0n) is 9.94. The molecule has 0 fully saturated rings. The Morgan fingerprint density at radius 1 is 1.37 bits per heavy atom. The summed E-state index contributed by atoms with van der Waals surface area (Å²) in [7, 11) is 0. The van der Waals surface area contributed by atoms with Crippen LogP contribution in [0.25, 0.3) is 0 Å². The molecule has 104 valence electrons. The highest BCUT2D eigenvalue weighted by Crippen LogP contribution is 2.22. The molecule has 0 aromatic heterocycles. The summed E-state index contributed by atoms with van der Waals surface area (Å²) in [5.74, 6) is -4.01. The molecule has 0 aliphatic rings. The Hall–Kier alpha value is -1.56. The van der Waals surface area contributed by atoms with Gasteiger partial charge in [-0.25, -0.2) is 4.79 Å². The fraction of sp³-hybridized carbons (Fsp3) is 0.167. The zero-order valence-corrected chi connectivity index (χ0v) is 11.4. The number of carboxylic acids is 2. The molecule has 1 aromatic carbocycles. The molecule has 7 heteroatoms. The van der Waals surface area contributed by atoms with Crippen LogP contribution in [0, 0.1) is 0 Å². The molecule has 1 rings (SSSR count). The van der Waals surface area contributed by atoms with Gasteiger partial charge in [0, 0.05) is 5.56 Å². The first-order valence-corrected chi connectivity index (χ1v) is 5.95. The van der Waals surface area contributed by atoms with E-state index in [0.29, 0.717) is 0 Å². The molecule has 0 aliphatic heterocycles. The van der Waals surface area contributed by atoms with E-state index < -0.39 is 11.9 Å². The molecule has 0 atom stereocenters. The van der Waals surface area contributed by atoms with Gasteiger partial charge < -0.3 is 20.3 Å². The van der Waals surface area contributed by atoms with Crippen molar-refractivity contribution in [3.05, 3.63) is 46.5 Å². The SMILES string of the molecule is C=CC[NH2+]Cc1c(Cl)cccc1Cl.O=C([O-])C(=O)O. The summed E-state index contributed by atoms with van der Waals surface area (Å²) in [5.41, 5.74) is 0.993. The van der Waals surface area contributed by atoms with E-state index in [9.17, 15) is 0 Å². The fourth-order valence-corrected chi connectivity index (χ4v) is 1.62. The highest BCUT2D eigenvalue weighted by atomic mass is 35.5. The predicted octanol–water partition coefficient (Wildman–Crippen LogP) is 0.0637. The number of nitrogens with two attached hydrogens (primary N) is 1. The van der Waals surface area contributed by atoms with Crippen LogP contribution in [0.1, 0.15) is 5.56 Å². The Morgan fingerprint density at radius 2 is 1.84 bits per heavy atom. The van der Waals surface area contributed by atoms with Gasteiger partial charge >= 0.3 is 5.97 Å². The van der Waals surface area contributed by atoms with Crippen molar-refractivity contribution in [3.8, 4) is 0 Å². The Labute approximate surface area is 120 Å². The summed E-state index contributed by atoms with van der Waals surface area (Å²) < 4.78 is 0. The van der Waals surface area contributed by atoms with Crippen molar-refractivity contribution in [2.45, 2.75) is 6.54 Å². The van der Waals surface area contributed by atoms with Crippen molar-refractivity contribution in [1.29, 1.82) is 0 Å². The third kappa shape index (κ3) is 7.46. The molecule has 0 saturated carbocycles. The molecule has 0 heterocycles. The summed E-state index contributed by atoms with van der Waals surface area (Å²) in [4.78, 5) is 18.0. The minimum atomic E-state index is -2.07. The van der Waals surface area contributed by atoms with Gasteiger partial charge in [0.25, 0.3) is 0 Å². The van der Waals surface area contributed by atoms with Crippen LogP contribution in [0.4, 0.5) is 0 Å². The predicted molar refractivity (Wildman–Crippen MR) is 69.8 cm³/mol. The average Bonchev–Trinajstić information content (AvgIpc) is 2.34. The first-order chi connectivity index (χ1) is 8.90. The van der Waals surface area contributed by atoms with E-state index in [1.807, 2.05) is 24.3 Å². The molecular formula is C12H13Cl2NO4. The molecule has 0 spiro atoms. The molecule has 0 amide bonds. The lowest BCUT2D eigenvalue weighted by Gasteiger charge is -2.04. The van der Waals surface area contributed by atoms with E-state index in [4.69, 9.17) is 43.0 Å². The van der Waals surface area contributed by atoms with Gasteiger partial charge in [0.1, 0.15) is 6.54 Å². The molecule has 3 N–H and O–H groups in total. The van der Waals surface area contributed by atoms with Gasteiger partial charge in [-0.3, -0.25) is 0 Å². The zero-order chi connectivity index (χ0) is 14.8. The largest absolute Gasteiger partial charge is 0.539 e. The van der Waals surface area contributed by atoms with Crippen LogP contribution in [0.3, 0.4) is 0 Å². The number of hydrogen-bond acceptors (Lipinski definition) is 3. The van der Waals surface area contributed by atoms with Crippen molar-refractivity contribution < 1.29 is 25.1 Å². The van der Waals surface area contributed by atoms with Gasteiger partial charge in [-0.05, 0) is 18.2 Å². The monoisotopic (exact) mass is 305 g/mol. The molecule has 5 nitrogen and oxygen atoms in total. The maximum Gasteiger partial charge on any atom is 0.351 e. The van der Waals surface area contributed by atoms with Gasteiger partial charge in [-0.1, -0.05) is 35.8 Å². The topological polar surface area (TPSA) is 94.0 Å². The second kappa shape index (κ2) is 9.38. The number of benzene rings is 1. The van der Waals surface area contributed by atoms with Gasteiger partial charge in [-0.15, -0.1) is 0 Å². The van der Waals surface area contributed by atoms with Crippen LogP contribution in [-0.2, 0) is 16.1 Å². The Kier molecular flexibility index (Phi) is 8.61. The summed E-state index contributed by atoms with van der Waals surface area (Å²) >= 11 is 12.0. The number of carbonyl (C=O) groups excluding carboxylic acids is 1. The minimum Gasteiger partial charge on any atom is -0.539 e. The highest BCUT2D eigenvalue weighted by Gasteiger charge is 2.05. The number of carboxylic acid groups (broad SMARTS) is 2. The first-order valence-electron chi connectivity index (χ1n) is 5.19. The van der Waals surface area contributed by atoms with Crippen LogP contribution >= 0.6 is 23.2 Å². The van der Waals surface area contributed by atoms with Gasteiger partial charge in [0.2, 0.25) is 0 Å². The van der Waals surface area contributed by atoms with E-state index in [0.717, 1.165) is 28.7 Å². The fourth-order valence-electron chi connectivity index (χ4n) is 1.07. The first kappa shape index (κ1) is 17.4. The molecule has 0 aliphatic carbocycles. The Bertz CT molecular complexity index is 431. The summed E-state index contributed by atoms with van der Waals surface area (Å²) in [6, 6.07) is 5.55. The quantitative estimate of drug-likeness (QED) is 0.467. The summed E-state index contributed by atoms with van der Waals surface area (Å²) in [6.45, 7) is 5.31. The molecular weight excluding hydrogens is 293 g/mol. The highest BCUT2D eigenvalue weighted by molar-refractivity contribution is 6.35. The summed E-state index contributed by atoms with van der Waals surface area (Å²) in [6.07, 6.45) is 1.85. The smallest absolute Gasteiger partial charge is 0.351 e. The van der Waals surface area contributed by atoms with Crippen molar-refractivity contribution in [1.82, 2.24) is 0 Å². The molecule has 19 heavy (non-hydrogen) atoms. The van der Waals surface area contributed by atoms with Crippen LogP contribution < -0.4 is 10.4 Å². The van der Waals surface area contributed by atoms with Crippen LogP contribution in [0.2, 0.25) is 10.0 Å². The second-order valence-corrected chi connectivity index (χ2v) is 4.12. The lowest BCUT2D eigenvalue weighted by atomic mass is 10.2. The second-order valence-electron chi connectivity index (χ2n) is 3.31. The molecule has 1 aromatic rings. The maximum atomic E-state index is 9.04. The lowest BCUT2D eigenvalue weighted by Crippen LogP contribution is -2.82. The van der Waals surface area contributed by atoms with E-state index >= 15 is 0 Å².